The molecule has 0 saturated carbocycles. The number of carbonyl (C=O) groups is 3. The third-order valence-corrected chi connectivity index (χ3v) is 4.93. The summed E-state index contributed by atoms with van der Waals surface area (Å²) >= 11 is 0. The summed E-state index contributed by atoms with van der Waals surface area (Å²) in [4.78, 5) is 41.2. The van der Waals surface area contributed by atoms with Crippen LogP contribution >= 0.6 is 0 Å². The molecule has 0 bridgehead atoms. The zero-order valence-corrected chi connectivity index (χ0v) is 16.5. The van der Waals surface area contributed by atoms with Crippen molar-refractivity contribution in [2.45, 2.75) is 13.0 Å². The number of benzene rings is 2. The minimum atomic E-state index is -0.590. The highest BCUT2D eigenvalue weighted by atomic mass is 16.2. The second kappa shape index (κ2) is 9.84. The molecule has 4 amide bonds. The fourth-order valence-corrected chi connectivity index (χ4v) is 3.49. The second-order valence-electron chi connectivity index (χ2n) is 6.86. The maximum atomic E-state index is 12.9. The summed E-state index contributed by atoms with van der Waals surface area (Å²) in [5.41, 5.74) is 1.48. The van der Waals surface area contributed by atoms with Crippen LogP contribution in [-0.2, 0) is 4.79 Å². The zero-order valence-electron chi connectivity index (χ0n) is 16.5. The topological polar surface area (TPSA) is 81.8 Å². The molecule has 2 aromatic carbocycles. The number of nitrogens with zero attached hydrogens (tertiary/aromatic N) is 2. The number of nitrogens with one attached hydrogen (secondary N) is 2. The van der Waals surface area contributed by atoms with Gasteiger partial charge in [-0.3, -0.25) is 19.8 Å². The first kappa shape index (κ1) is 20.5. The summed E-state index contributed by atoms with van der Waals surface area (Å²) in [6.45, 7) is 4.36. The van der Waals surface area contributed by atoms with Crippen molar-refractivity contribution in [3.8, 4) is 0 Å². The average Bonchev–Trinajstić information content (AvgIpc) is 2.75. The Morgan fingerprint density at radius 1 is 0.897 bits per heavy atom. The molecule has 2 N–H and O–H groups in total. The smallest absolute Gasteiger partial charge is 0.321 e. The summed E-state index contributed by atoms with van der Waals surface area (Å²) in [7, 11) is 0. The highest BCUT2D eigenvalue weighted by Crippen LogP contribution is 2.23. The third-order valence-electron chi connectivity index (χ3n) is 4.93. The first-order chi connectivity index (χ1) is 14.1. The van der Waals surface area contributed by atoms with E-state index in [2.05, 4.69) is 10.6 Å². The summed E-state index contributed by atoms with van der Waals surface area (Å²) in [5, 5.41) is 5.01. The van der Waals surface area contributed by atoms with Gasteiger partial charge in [-0.1, -0.05) is 48.5 Å². The lowest BCUT2D eigenvalue weighted by Crippen LogP contribution is -2.53. The van der Waals surface area contributed by atoms with Gasteiger partial charge in [-0.15, -0.1) is 0 Å². The highest BCUT2D eigenvalue weighted by molar-refractivity contribution is 5.97. The van der Waals surface area contributed by atoms with Gasteiger partial charge in [0.1, 0.15) is 6.04 Å². The SMILES string of the molecule is CCNC(=O)NC(=O)C(c1ccccc1)N1CCN(C(=O)c2ccccc2)CC1. The fourth-order valence-electron chi connectivity index (χ4n) is 3.49. The molecule has 1 aliphatic heterocycles. The molecule has 1 atom stereocenters. The molecular weight excluding hydrogens is 368 g/mol. The number of carbonyl (C=O) groups excluding carboxylic acids is 3. The summed E-state index contributed by atoms with van der Waals surface area (Å²) in [5.74, 6) is -0.377. The quantitative estimate of drug-likeness (QED) is 0.813. The van der Waals surface area contributed by atoms with Crippen LogP contribution in [0, 0.1) is 0 Å². The molecule has 7 nitrogen and oxygen atoms in total. The van der Waals surface area contributed by atoms with E-state index in [1.807, 2.05) is 53.4 Å². The Balaban J connectivity index is 1.70. The predicted octanol–water partition coefficient (Wildman–Crippen LogP) is 2.03. The van der Waals surface area contributed by atoms with Gasteiger partial charge in [0.15, 0.2) is 0 Å². The normalized spacial score (nSPS) is 15.4. The molecule has 0 aliphatic carbocycles. The van der Waals surface area contributed by atoms with Gasteiger partial charge in [0.05, 0.1) is 0 Å². The van der Waals surface area contributed by atoms with Crippen LogP contribution in [0.5, 0.6) is 0 Å². The van der Waals surface area contributed by atoms with Crippen LogP contribution in [0.15, 0.2) is 60.7 Å². The number of imide groups is 1. The van der Waals surface area contributed by atoms with Crippen molar-refractivity contribution in [2.24, 2.45) is 0 Å². The molecule has 2 aromatic rings. The van der Waals surface area contributed by atoms with Gasteiger partial charge in [-0.05, 0) is 24.6 Å². The van der Waals surface area contributed by atoms with Gasteiger partial charge in [-0.2, -0.15) is 0 Å². The Morgan fingerprint density at radius 2 is 1.48 bits per heavy atom. The van der Waals surface area contributed by atoms with E-state index < -0.39 is 12.1 Å². The van der Waals surface area contributed by atoms with E-state index in [1.54, 1.807) is 24.0 Å². The van der Waals surface area contributed by atoms with Crippen molar-refractivity contribution < 1.29 is 14.4 Å². The van der Waals surface area contributed by atoms with Crippen LogP contribution in [0.3, 0.4) is 0 Å². The number of hydrogen-bond acceptors (Lipinski definition) is 4. The Labute approximate surface area is 170 Å². The molecule has 0 spiro atoms. The number of rotatable bonds is 5. The van der Waals surface area contributed by atoms with Crippen LogP contribution in [0.4, 0.5) is 4.79 Å². The maximum absolute atomic E-state index is 12.9. The van der Waals surface area contributed by atoms with Crippen LogP contribution < -0.4 is 10.6 Å². The van der Waals surface area contributed by atoms with E-state index in [1.165, 1.54) is 0 Å². The lowest BCUT2D eigenvalue weighted by molar-refractivity contribution is -0.126. The van der Waals surface area contributed by atoms with E-state index in [0.29, 0.717) is 38.3 Å². The first-order valence-electron chi connectivity index (χ1n) is 9.82. The van der Waals surface area contributed by atoms with Crippen LogP contribution in [0.2, 0.25) is 0 Å². The Bertz CT molecular complexity index is 834. The van der Waals surface area contributed by atoms with E-state index in [9.17, 15) is 14.4 Å². The van der Waals surface area contributed by atoms with Crippen molar-refractivity contribution >= 4 is 17.8 Å². The summed E-state index contributed by atoms with van der Waals surface area (Å²) in [6, 6.07) is 17.5. The van der Waals surface area contributed by atoms with E-state index in [-0.39, 0.29) is 11.8 Å². The highest BCUT2D eigenvalue weighted by Gasteiger charge is 2.32. The molecule has 1 aliphatic rings. The largest absolute Gasteiger partial charge is 0.338 e. The average molecular weight is 394 g/mol. The molecular formula is C22H26N4O3. The zero-order chi connectivity index (χ0) is 20.6. The molecule has 1 heterocycles. The fraction of sp³-hybridized carbons (Fsp3) is 0.318. The van der Waals surface area contributed by atoms with Gasteiger partial charge in [0.2, 0.25) is 5.91 Å². The van der Waals surface area contributed by atoms with Crippen molar-refractivity contribution in [1.82, 2.24) is 20.4 Å². The van der Waals surface area contributed by atoms with Crippen molar-refractivity contribution in [3.05, 3.63) is 71.8 Å². The Hall–Kier alpha value is -3.19. The van der Waals surface area contributed by atoms with Crippen LogP contribution in [0.1, 0.15) is 28.9 Å². The molecule has 152 valence electrons. The van der Waals surface area contributed by atoms with E-state index in [4.69, 9.17) is 0 Å². The number of amides is 4. The van der Waals surface area contributed by atoms with E-state index in [0.717, 1.165) is 5.56 Å². The molecule has 0 radical (unpaired) electrons. The molecule has 1 fully saturated rings. The van der Waals surface area contributed by atoms with Gasteiger partial charge in [0, 0.05) is 38.3 Å². The van der Waals surface area contributed by atoms with Crippen molar-refractivity contribution in [3.63, 3.8) is 0 Å². The monoisotopic (exact) mass is 394 g/mol. The van der Waals surface area contributed by atoms with Gasteiger partial charge in [0.25, 0.3) is 5.91 Å². The van der Waals surface area contributed by atoms with Gasteiger partial charge >= 0.3 is 6.03 Å². The lowest BCUT2D eigenvalue weighted by Gasteiger charge is -2.38. The maximum Gasteiger partial charge on any atom is 0.321 e. The molecule has 7 heteroatoms. The number of hydrogen-bond donors (Lipinski definition) is 2. The second-order valence-corrected chi connectivity index (χ2v) is 6.86. The van der Waals surface area contributed by atoms with Crippen molar-refractivity contribution in [2.75, 3.05) is 32.7 Å². The molecule has 29 heavy (non-hydrogen) atoms. The Kier molecular flexibility index (Phi) is 6.97. The molecule has 0 aromatic heterocycles. The summed E-state index contributed by atoms with van der Waals surface area (Å²) in [6.07, 6.45) is 0. The van der Waals surface area contributed by atoms with Crippen LogP contribution in [-0.4, -0.2) is 60.4 Å². The molecule has 1 unspecified atom stereocenters. The predicted molar refractivity (Wildman–Crippen MR) is 110 cm³/mol. The minimum Gasteiger partial charge on any atom is -0.338 e. The Morgan fingerprint density at radius 3 is 2.07 bits per heavy atom. The van der Waals surface area contributed by atoms with Gasteiger partial charge < -0.3 is 10.2 Å². The standard InChI is InChI=1S/C22H26N4O3/c1-2-23-22(29)24-20(27)19(17-9-5-3-6-10-17)25-13-15-26(16-14-25)21(28)18-11-7-4-8-12-18/h3-12,19H,2,13-16H2,1H3,(H2,23,24,27,29). The minimum absolute atomic E-state index is 0.00622. The first-order valence-corrected chi connectivity index (χ1v) is 9.82. The molecule has 3 rings (SSSR count). The number of urea groups is 1. The van der Waals surface area contributed by atoms with Gasteiger partial charge in [-0.25, -0.2) is 4.79 Å². The third kappa shape index (κ3) is 5.20. The summed E-state index contributed by atoms with van der Waals surface area (Å²) < 4.78 is 0. The van der Waals surface area contributed by atoms with E-state index >= 15 is 0 Å². The lowest BCUT2D eigenvalue weighted by atomic mass is 10.0. The molecule has 1 saturated heterocycles. The van der Waals surface area contributed by atoms with Crippen molar-refractivity contribution in [1.29, 1.82) is 0 Å². The van der Waals surface area contributed by atoms with Crippen LogP contribution in [0.25, 0.3) is 0 Å². The number of piperazine rings is 1.